The van der Waals surface area contributed by atoms with Crippen molar-refractivity contribution < 1.29 is 8.42 Å². The number of anilines is 1. The Morgan fingerprint density at radius 2 is 2.00 bits per heavy atom. The van der Waals surface area contributed by atoms with E-state index in [9.17, 15) is 8.42 Å². The van der Waals surface area contributed by atoms with Gasteiger partial charge < -0.3 is 5.32 Å². The van der Waals surface area contributed by atoms with Crippen LogP contribution in [-0.4, -0.2) is 37.3 Å². The smallest absolute Gasteiger partial charge is 0.262 e. The molecule has 1 heterocycles. The van der Waals surface area contributed by atoms with Gasteiger partial charge in [0, 0.05) is 25.8 Å². The molecule has 0 aliphatic heterocycles. The minimum Gasteiger partial charge on any atom is -0.383 e. The number of nitrogens with one attached hydrogen (secondary N) is 1. The summed E-state index contributed by atoms with van der Waals surface area (Å²) in [7, 11) is -2.01. The summed E-state index contributed by atoms with van der Waals surface area (Å²) >= 11 is 0. The number of hydrogen-bond acceptors (Lipinski definition) is 4. The van der Waals surface area contributed by atoms with Crippen LogP contribution in [0.2, 0.25) is 0 Å². The Hall–Kier alpha value is -1.14. The van der Waals surface area contributed by atoms with Crippen LogP contribution < -0.4 is 5.32 Å². The molecule has 1 aromatic heterocycles. The minimum absolute atomic E-state index is 0.0837. The summed E-state index contributed by atoms with van der Waals surface area (Å²) in [5.74, 6) is 0. The highest BCUT2D eigenvalue weighted by Gasteiger charge is 2.34. The van der Waals surface area contributed by atoms with E-state index >= 15 is 0 Å². The lowest BCUT2D eigenvalue weighted by atomic mass is 9.88. The molecule has 0 aliphatic rings. The SMILES string of the molecule is CCNc1cccnc1S(=O)(=O)N(C)C(C)C(C)(C)C. The molecule has 20 heavy (non-hydrogen) atoms. The first kappa shape index (κ1) is 16.9. The van der Waals surface area contributed by atoms with E-state index in [1.165, 1.54) is 10.5 Å². The zero-order valence-electron chi connectivity index (χ0n) is 13.1. The van der Waals surface area contributed by atoms with Crippen LogP contribution in [0.3, 0.4) is 0 Å². The molecule has 0 amide bonds. The van der Waals surface area contributed by atoms with E-state index in [0.29, 0.717) is 12.2 Å². The van der Waals surface area contributed by atoms with Crippen LogP contribution in [0.15, 0.2) is 23.4 Å². The molecule has 1 aromatic rings. The van der Waals surface area contributed by atoms with Gasteiger partial charge >= 0.3 is 0 Å². The lowest BCUT2D eigenvalue weighted by Gasteiger charge is -2.34. The molecule has 1 atom stereocenters. The Morgan fingerprint density at radius 1 is 1.40 bits per heavy atom. The Morgan fingerprint density at radius 3 is 2.50 bits per heavy atom. The van der Waals surface area contributed by atoms with E-state index in [0.717, 1.165) is 0 Å². The van der Waals surface area contributed by atoms with E-state index in [-0.39, 0.29) is 16.5 Å². The van der Waals surface area contributed by atoms with Gasteiger partial charge in [-0.25, -0.2) is 13.4 Å². The van der Waals surface area contributed by atoms with Gasteiger partial charge in [-0.15, -0.1) is 0 Å². The molecule has 1 N–H and O–H groups in total. The third-order valence-electron chi connectivity index (χ3n) is 3.56. The summed E-state index contributed by atoms with van der Waals surface area (Å²) in [6, 6.07) is 3.33. The van der Waals surface area contributed by atoms with Crippen molar-refractivity contribution in [1.82, 2.24) is 9.29 Å². The fourth-order valence-electron chi connectivity index (χ4n) is 1.81. The van der Waals surface area contributed by atoms with Crippen LogP contribution in [0, 0.1) is 5.41 Å². The number of aromatic nitrogens is 1. The van der Waals surface area contributed by atoms with Crippen LogP contribution in [0.5, 0.6) is 0 Å². The standard InChI is InChI=1S/C14H25N3O2S/c1-7-15-12-9-8-10-16-13(12)20(18,19)17(6)11(2)14(3,4)5/h8-11,15H,7H2,1-6H3. The Labute approximate surface area is 122 Å². The second-order valence-electron chi connectivity index (χ2n) is 5.95. The van der Waals surface area contributed by atoms with Crippen LogP contribution in [0.4, 0.5) is 5.69 Å². The third kappa shape index (κ3) is 3.49. The topological polar surface area (TPSA) is 62.3 Å². The van der Waals surface area contributed by atoms with E-state index < -0.39 is 10.0 Å². The highest BCUT2D eigenvalue weighted by molar-refractivity contribution is 7.89. The first-order valence-electron chi connectivity index (χ1n) is 6.79. The van der Waals surface area contributed by atoms with Gasteiger partial charge in [-0.1, -0.05) is 20.8 Å². The van der Waals surface area contributed by atoms with Crippen molar-refractivity contribution in [2.75, 3.05) is 18.9 Å². The average molecular weight is 299 g/mol. The van der Waals surface area contributed by atoms with Crippen molar-refractivity contribution in [1.29, 1.82) is 0 Å². The molecule has 0 bridgehead atoms. The molecule has 0 aromatic carbocycles. The summed E-state index contributed by atoms with van der Waals surface area (Å²) in [6.45, 7) is 10.5. The molecule has 5 nitrogen and oxygen atoms in total. The van der Waals surface area contributed by atoms with Gasteiger partial charge in [-0.05, 0) is 31.4 Å². The van der Waals surface area contributed by atoms with Crippen molar-refractivity contribution in [2.45, 2.75) is 45.7 Å². The number of nitrogens with zero attached hydrogens (tertiary/aromatic N) is 2. The fourth-order valence-corrected chi connectivity index (χ4v) is 3.43. The predicted octanol–water partition coefficient (Wildman–Crippen LogP) is 2.57. The quantitative estimate of drug-likeness (QED) is 0.907. The molecule has 114 valence electrons. The van der Waals surface area contributed by atoms with Crippen LogP contribution in [0.1, 0.15) is 34.6 Å². The summed E-state index contributed by atoms with van der Waals surface area (Å²) in [5, 5.41) is 3.13. The first-order valence-corrected chi connectivity index (χ1v) is 8.23. The molecular weight excluding hydrogens is 274 g/mol. The van der Waals surface area contributed by atoms with Crippen LogP contribution in [-0.2, 0) is 10.0 Å². The van der Waals surface area contributed by atoms with Crippen molar-refractivity contribution in [3.8, 4) is 0 Å². The highest BCUT2D eigenvalue weighted by Crippen LogP contribution is 2.29. The molecular formula is C14H25N3O2S. The molecule has 0 spiro atoms. The Bertz CT molecular complexity index is 550. The number of hydrogen-bond donors (Lipinski definition) is 1. The lowest BCUT2D eigenvalue weighted by molar-refractivity contribution is 0.216. The second-order valence-corrected chi connectivity index (χ2v) is 7.86. The molecule has 0 aliphatic carbocycles. The van der Waals surface area contributed by atoms with Crippen LogP contribution in [0.25, 0.3) is 0 Å². The fraction of sp³-hybridized carbons (Fsp3) is 0.643. The first-order chi connectivity index (χ1) is 9.12. The molecule has 6 heteroatoms. The van der Waals surface area contributed by atoms with Gasteiger partial charge in [0.1, 0.15) is 0 Å². The van der Waals surface area contributed by atoms with E-state index in [1.54, 1.807) is 19.2 Å². The van der Waals surface area contributed by atoms with Gasteiger partial charge in [0.2, 0.25) is 0 Å². The minimum atomic E-state index is -3.61. The summed E-state index contributed by atoms with van der Waals surface area (Å²) in [6.07, 6.45) is 1.50. The maximum atomic E-state index is 12.7. The van der Waals surface area contributed by atoms with Gasteiger partial charge in [0.05, 0.1) is 5.69 Å². The zero-order valence-corrected chi connectivity index (χ0v) is 14.0. The molecule has 1 rings (SSSR count). The highest BCUT2D eigenvalue weighted by atomic mass is 32.2. The predicted molar refractivity (Wildman–Crippen MR) is 82.3 cm³/mol. The second kappa shape index (κ2) is 6.10. The van der Waals surface area contributed by atoms with Gasteiger partial charge in [-0.2, -0.15) is 4.31 Å². The number of sulfonamides is 1. The molecule has 1 unspecified atom stereocenters. The maximum Gasteiger partial charge on any atom is 0.262 e. The van der Waals surface area contributed by atoms with Crippen molar-refractivity contribution in [2.24, 2.45) is 5.41 Å². The normalized spacial score (nSPS) is 14.3. The van der Waals surface area contributed by atoms with Crippen molar-refractivity contribution in [3.63, 3.8) is 0 Å². The summed E-state index contributed by atoms with van der Waals surface area (Å²) < 4.78 is 26.9. The van der Waals surface area contributed by atoms with Crippen molar-refractivity contribution >= 4 is 15.7 Å². The zero-order chi connectivity index (χ0) is 15.6. The Kier molecular flexibility index (Phi) is 5.15. The molecule has 0 radical (unpaired) electrons. The van der Waals surface area contributed by atoms with E-state index in [2.05, 4.69) is 10.3 Å². The largest absolute Gasteiger partial charge is 0.383 e. The van der Waals surface area contributed by atoms with Crippen LogP contribution >= 0.6 is 0 Å². The third-order valence-corrected chi connectivity index (χ3v) is 5.45. The lowest BCUT2D eigenvalue weighted by Crippen LogP contribution is -2.43. The molecule has 0 saturated heterocycles. The van der Waals surface area contributed by atoms with Gasteiger partial charge in [-0.3, -0.25) is 0 Å². The monoisotopic (exact) mass is 299 g/mol. The van der Waals surface area contributed by atoms with Gasteiger partial charge in [0.25, 0.3) is 10.0 Å². The average Bonchev–Trinajstić information content (AvgIpc) is 2.36. The maximum absolute atomic E-state index is 12.7. The van der Waals surface area contributed by atoms with E-state index in [4.69, 9.17) is 0 Å². The Balaban J connectivity index is 3.24. The molecule has 0 saturated carbocycles. The van der Waals surface area contributed by atoms with E-state index in [1.807, 2.05) is 34.6 Å². The summed E-state index contributed by atoms with van der Waals surface area (Å²) in [4.78, 5) is 4.06. The molecule has 0 fully saturated rings. The van der Waals surface area contributed by atoms with Gasteiger partial charge in [0.15, 0.2) is 5.03 Å². The van der Waals surface area contributed by atoms with Crippen molar-refractivity contribution in [3.05, 3.63) is 18.3 Å². The number of rotatable bonds is 5. The summed E-state index contributed by atoms with van der Waals surface area (Å²) in [5.41, 5.74) is 0.401. The number of pyridine rings is 1.